The Hall–Kier alpha value is -2.38. The SMILES string of the molecule is CCCCCCCCCCCCCCC#Cc1cc(OC)c(C#CCCCCCCCCCCCCCC)c2ccccc12. The second kappa shape index (κ2) is 27.0. The first-order valence-electron chi connectivity index (χ1n) is 18.9. The van der Waals surface area contributed by atoms with Crippen LogP contribution in [0.4, 0.5) is 0 Å². The molecule has 0 fully saturated rings. The number of unbranched alkanes of at least 4 members (excludes halogenated alkanes) is 24. The highest BCUT2D eigenvalue weighted by molar-refractivity contribution is 5.95. The Morgan fingerprint density at radius 1 is 0.477 bits per heavy atom. The Balaban J connectivity index is 1.71. The molecule has 2 rings (SSSR count). The fraction of sp³-hybridized carbons (Fsp3) is 0.674. The number of fused-ring (bicyclic) bond motifs is 1. The molecule has 244 valence electrons. The fourth-order valence-corrected chi connectivity index (χ4v) is 6.16. The molecule has 0 N–H and O–H groups in total. The van der Waals surface area contributed by atoms with Gasteiger partial charge in [0.1, 0.15) is 5.75 Å². The largest absolute Gasteiger partial charge is 0.495 e. The Morgan fingerprint density at radius 3 is 1.30 bits per heavy atom. The van der Waals surface area contributed by atoms with Gasteiger partial charge in [0.15, 0.2) is 0 Å². The summed E-state index contributed by atoms with van der Waals surface area (Å²) in [6.45, 7) is 4.58. The van der Waals surface area contributed by atoms with Gasteiger partial charge in [0.25, 0.3) is 0 Å². The van der Waals surface area contributed by atoms with Gasteiger partial charge in [-0.2, -0.15) is 0 Å². The minimum Gasteiger partial charge on any atom is -0.495 e. The van der Waals surface area contributed by atoms with Crippen molar-refractivity contribution in [2.24, 2.45) is 0 Å². The Bertz CT molecular complexity index is 1100. The van der Waals surface area contributed by atoms with Gasteiger partial charge in [-0.1, -0.05) is 203 Å². The van der Waals surface area contributed by atoms with Gasteiger partial charge in [-0.15, -0.1) is 0 Å². The van der Waals surface area contributed by atoms with Crippen LogP contribution in [0.15, 0.2) is 30.3 Å². The van der Waals surface area contributed by atoms with Crippen LogP contribution >= 0.6 is 0 Å². The quantitative estimate of drug-likeness (QED) is 0.0816. The normalized spacial score (nSPS) is 10.8. The van der Waals surface area contributed by atoms with Crippen molar-refractivity contribution >= 4 is 10.8 Å². The molecule has 0 unspecified atom stereocenters. The van der Waals surface area contributed by atoms with Gasteiger partial charge in [0, 0.05) is 23.8 Å². The standard InChI is InChI=1S/C43H66O/c1-4-6-8-10-12-14-16-18-20-22-24-26-28-30-34-39-38-43(44-3)42(41-36-33-32-35-40(39)41)37-31-29-27-25-23-21-19-17-15-13-11-9-7-5-2/h32-33,35-36,38H,4-29H2,1-3H3. The van der Waals surface area contributed by atoms with Gasteiger partial charge in [-0.05, 0) is 24.3 Å². The minimum atomic E-state index is 0.848. The van der Waals surface area contributed by atoms with E-state index in [1.165, 1.54) is 159 Å². The lowest BCUT2D eigenvalue weighted by molar-refractivity contribution is 0.414. The Kier molecular flexibility index (Phi) is 23.2. The third kappa shape index (κ3) is 17.2. The summed E-state index contributed by atoms with van der Waals surface area (Å²) in [6, 6.07) is 10.7. The zero-order chi connectivity index (χ0) is 31.3. The van der Waals surface area contributed by atoms with Crippen molar-refractivity contribution in [3.8, 4) is 29.4 Å². The number of benzene rings is 2. The van der Waals surface area contributed by atoms with Crippen molar-refractivity contribution in [3.05, 3.63) is 41.5 Å². The molecule has 0 radical (unpaired) electrons. The van der Waals surface area contributed by atoms with Crippen LogP contribution < -0.4 is 4.74 Å². The number of methoxy groups -OCH3 is 1. The first kappa shape index (κ1) is 37.8. The van der Waals surface area contributed by atoms with Gasteiger partial charge < -0.3 is 4.74 Å². The summed E-state index contributed by atoms with van der Waals surface area (Å²) in [7, 11) is 1.75. The van der Waals surface area contributed by atoms with Crippen LogP contribution in [0.5, 0.6) is 5.75 Å². The van der Waals surface area contributed by atoms with Gasteiger partial charge in [-0.3, -0.25) is 0 Å². The summed E-state index contributed by atoms with van der Waals surface area (Å²) >= 11 is 0. The molecule has 1 heteroatoms. The van der Waals surface area contributed by atoms with Gasteiger partial charge in [0.2, 0.25) is 0 Å². The third-order valence-corrected chi connectivity index (χ3v) is 8.98. The summed E-state index contributed by atoms with van der Waals surface area (Å²) in [5, 5.41) is 2.34. The second-order valence-electron chi connectivity index (χ2n) is 12.9. The molecular formula is C43H66O. The van der Waals surface area contributed by atoms with E-state index in [9.17, 15) is 0 Å². The second-order valence-corrected chi connectivity index (χ2v) is 12.9. The monoisotopic (exact) mass is 599 g/mol. The lowest BCUT2D eigenvalue weighted by Crippen LogP contribution is -1.93. The molecule has 2 aromatic rings. The molecule has 0 heterocycles. The summed E-state index contributed by atoms with van der Waals surface area (Å²) < 4.78 is 5.82. The molecule has 1 nitrogen and oxygen atoms in total. The van der Waals surface area contributed by atoms with E-state index in [2.05, 4.69) is 67.9 Å². The van der Waals surface area contributed by atoms with Crippen molar-refractivity contribution in [2.75, 3.05) is 7.11 Å². The van der Waals surface area contributed by atoms with E-state index in [0.717, 1.165) is 35.1 Å². The highest BCUT2D eigenvalue weighted by Gasteiger charge is 2.10. The number of rotatable bonds is 25. The van der Waals surface area contributed by atoms with Gasteiger partial charge in [-0.25, -0.2) is 0 Å². The summed E-state index contributed by atoms with van der Waals surface area (Å²) in [6.07, 6.45) is 34.9. The first-order chi connectivity index (χ1) is 21.8. The maximum atomic E-state index is 5.82. The van der Waals surface area contributed by atoms with E-state index in [0.29, 0.717) is 0 Å². The van der Waals surface area contributed by atoms with Crippen molar-refractivity contribution in [3.63, 3.8) is 0 Å². The van der Waals surface area contributed by atoms with Gasteiger partial charge >= 0.3 is 0 Å². The maximum Gasteiger partial charge on any atom is 0.136 e. The van der Waals surface area contributed by atoms with Crippen LogP contribution in [0.2, 0.25) is 0 Å². The zero-order valence-corrected chi connectivity index (χ0v) is 29.2. The van der Waals surface area contributed by atoms with Crippen molar-refractivity contribution in [1.29, 1.82) is 0 Å². The highest BCUT2D eigenvalue weighted by Crippen LogP contribution is 2.30. The predicted molar refractivity (Wildman–Crippen MR) is 196 cm³/mol. The number of hydrogen-bond donors (Lipinski definition) is 0. The molecule has 0 aromatic heterocycles. The van der Waals surface area contributed by atoms with Gasteiger partial charge in [0.05, 0.1) is 12.7 Å². The molecule has 0 aliphatic rings. The maximum absolute atomic E-state index is 5.82. The van der Waals surface area contributed by atoms with Crippen molar-refractivity contribution in [2.45, 2.75) is 181 Å². The van der Waals surface area contributed by atoms with Crippen LogP contribution in [0.25, 0.3) is 10.8 Å². The number of ether oxygens (including phenoxy) is 1. The lowest BCUT2D eigenvalue weighted by Gasteiger charge is -2.10. The van der Waals surface area contributed by atoms with Crippen LogP contribution in [-0.4, -0.2) is 7.11 Å². The fourth-order valence-electron chi connectivity index (χ4n) is 6.16. The molecule has 0 spiro atoms. The molecule has 0 aliphatic carbocycles. The molecule has 2 aromatic carbocycles. The Labute approximate surface area is 273 Å². The first-order valence-corrected chi connectivity index (χ1v) is 18.9. The lowest BCUT2D eigenvalue weighted by atomic mass is 9.98. The average molecular weight is 599 g/mol. The molecule has 0 atom stereocenters. The smallest absolute Gasteiger partial charge is 0.136 e. The average Bonchev–Trinajstić information content (AvgIpc) is 3.05. The summed E-state index contributed by atoms with van der Waals surface area (Å²) in [4.78, 5) is 0. The molecule has 0 saturated heterocycles. The Morgan fingerprint density at radius 2 is 0.864 bits per heavy atom. The van der Waals surface area contributed by atoms with E-state index < -0.39 is 0 Å². The van der Waals surface area contributed by atoms with Crippen LogP contribution in [0, 0.1) is 23.7 Å². The highest BCUT2D eigenvalue weighted by atomic mass is 16.5. The molecule has 0 bridgehead atoms. The molecule has 0 aliphatic heterocycles. The van der Waals surface area contributed by atoms with E-state index in [1.807, 2.05) is 0 Å². The molecular weight excluding hydrogens is 532 g/mol. The van der Waals surface area contributed by atoms with Crippen LogP contribution in [-0.2, 0) is 0 Å². The zero-order valence-electron chi connectivity index (χ0n) is 29.2. The van der Waals surface area contributed by atoms with Crippen molar-refractivity contribution in [1.82, 2.24) is 0 Å². The number of hydrogen-bond acceptors (Lipinski definition) is 1. The molecule has 44 heavy (non-hydrogen) atoms. The van der Waals surface area contributed by atoms with Crippen LogP contribution in [0.1, 0.15) is 192 Å². The van der Waals surface area contributed by atoms with E-state index >= 15 is 0 Å². The van der Waals surface area contributed by atoms with E-state index in [4.69, 9.17) is 4.74 Å². The third-order valence-electron chi connectivity index (χ3n) is 8.98. The minimum absolute atomic E-state index is 0.848. The summed E-state index contributed by atoms with van der Waals surface area (Å²) in [5.74, 6) is 14.7. The topological polar surface area (TPSA) is 9.23 Å². The van der Waals surface area contributed by atoms with E-state index in [1.54, 1.807) is 7.11 Å². The predicted octanol–water partition coefficient (Wildman–Crippen LogP) is 13.7. The van der Waals surface area contributed by atoms with Crippen LogP contribution in [0.3, 0.4) is 0 Å². The molecule has 0 amide bonds. The van der Waals surface area contributed by atoms with E-state index in [-0.39, 0.29) is 0 Å². The van der Waals surface area contributed by atoms with Crippen molar-refractivity contribution < 1.29 is 4.74 Å². The summed E-state index contributed by atoms with van der Waals surface area (Å²) in [5.41, 5.74) is 2.07. The molecule has 0 saturated carbocycles.